The highest BCUT2D eigenvalue weighted by atomic mass is 16.3. The Bertz CT molecular complexity index is 1200. The third kappa shape index (κ3) is 4.27. The molecule has 0 unspecified atom stereocenters. The summed E-state index contributed by atoms with van der Waals surface area (Å²) in [6.07, 6.45) is 1.68. The van der Waals surface area contributed by atoms with Gasteiger partial charge in [0.25, 0.3) is 11.5 Å². The Hall–Kier alpha value is -3.51. The highest BCUT2D eigenvalue weighted by molar-refractivity contribution is 6.02. The number of fused-ring (bicyclic) bond motifs is 1. The summed E-state index contributed by atoms with van der Waals surface area (Å²) < 4.78 is 1.51. The molecule has 164 valence electrons. The molecule has 1 N–H and O–H groups in total. The molecule has 4 rings (SSSR count). The number of ketones is 1. The summed E-state index contributed by atoms with van der Waals surface area (Å²) in [6.45, 7) is 2.08. The van der Waals surface area contributed by atoms with Crippen LogP contribution in [0.3, 0.4) is 0 Å². The lowest BCUT2D eigenvalue weighted by molar-refractivity contribution is 0.0705. The number of carbonyl (C=O) groups is 2. The van der Waals surface area contributed by atoms with E-state index in [0.29, 0.717) is 36.2 Å². The second-order valence-electron chi connectivity index (χ2n) is 8.11. The molecule has 1 aromatic heterocycles. The summed E-state index contributed by atoms with van der Waals surface area (Å²) in [4.78, 5) is 41.2. The first-order valence-electron chi connectivity index (χ1n) is 10.8. The van der Waals surface area contributed by atoms with Crippen molar-refractivity contribution in [2.75, 3.05) is 13.2 Å². The fourth-order valence-electron chi connectivity index (χ4n) is 4.16. The second kappa shape index (κ2) is 9.32. The first kappa shape index (κ1) is 21.7. The Kier molecular flexibility index (Phi) is 6.32. The van der Waals surface area contributed by atoms with E-state index in [2.05, 4.69) is 0 Å². The number of aromatic nitrogens is 1. The molecule has 0 spiro atoms. The third-order valence-electron chi connectivity index (χ3n) is 5.82. The normalized spacial score (nSPS) is 13.0. The van der Waals surface area contributed by atoms with Gasteiger partial charge in [-0.1, -0.05) is 48.0 Å². The van der Waals surface area contributed by atoms with Gasteiger partial charge in [-0.15, -0.1) is 0 Å². The predicted octanol–water partition coefficient (Wildman–Crippen LogP) is 3.30. The van der Waals surface area contributed by atoms with Crippen LogP contribution in [0.5, 0.6) is 0 Å². The van der Waals surface area contributed by atoms with Crippen LogP contribution in [-0.4, -0.2) is 39.4 Å². The van der Waals surface area contributed by atoms with E-state index in [0.717, 1.165) is 11.1 Å². The minimum Gasteiger partial charge on any atom is -0.395 e. The van der Waals surface area contributed by atoms with Gasteiger partial charge < -0.3 is 10.0 Å². The van der Waals surface area contributed by atoms with Gasteiger partial charge in [0.1, 0.15) is 5.56 Å². The van der Waals surface area contributed by atoms with Crippen molar-refractivity contribution in [2.24, 2.45) is 0 Å². The molecule has 3 aromatic rings. The Morgan fingerprint density at radius 2 is 1.75 bits per heavy atom. The van der Waals surface area contributed by atoms with E-state index < -0.39 is 11.5 Å². The van der Waals surface area contributed by atoms with Gasteiger partial charge in [-0.3, -0.25) is 19.0 Å². The molecule has 6 nitrogen and oxygen atoms in total. The summed E-state index contributed by atoms with van der Waals surface area (Å²) in [5.74, 6) is -0.548. The Balaban J connectivity index is 1.84. The first-order valence-corrected chi connectivity index (χ1v) is 10.8. The van der Waals surface area contributed by atoms with Crippen LogP contribution >= 0.6 is 0 Å². The number of hydrogen-bond donors (Lipinski definition) is 1. The van der Waals surface area contributed by atoms with Crippen LogP contribution in [0.15, 0.2) is 65.5 Å². The molecule has 2 aromatic carbocycles. The van der Waals surface area contributed by atoms with E-state index in [-0.39, 0.29) is 31.0 Å². The van der Waals surface area contributed by atoms with Crippen LogP contribution < -0.4 is 5.56 Å². The van der Waals surface area contributed by atoms with E-state index in [1.54, 1.807) is 0 Å². The topological polar surface area (TPSA) is 79.6 Å². The quantitative estimate of drug-likeness (QED) is 0.651. The summed E-state index contributed by atoms with van der Waals surface area (Å²) in [6, 6.07) is 18.3. The highest BCUT2D eigenvalue weighted by Gasteiger charge is 2.28. The van der Waals surface area contributed by atoms with Crippen LogP contribution in [0.2, 0.25) is 0 Å². The van der Waals surface area contributed by atoms with Gasteiger partial charge in [-0.2, -0.15) is 0 Å². The van der Waals surface area contributed by atoms with Crippen molar-refractivity contribution in [2.45, 2.75) is 32.7 Å². The smallest absolute Gasteiger partial charge is 0.268 e. The zero-order valence-corrected chi connectivity index (χ0v) is 18.1. The number of hydrogen-bond acceptors (Lipinski definition) is 4. The molecule has 0 saturated carbocycles. The van der Waals surface area contributed by atoms with Crippen molar-refractivity contribution in [3.63, 3.8) is 0 Å². The fraction of sp³-hybridized carbons (Fsp3) is 0.269. The predicted molar refractivity (Wildman–Crippen MR) is 122 cm³/mol. The van der Waals surface area contributed by atoms with Crippen molar-refractivity contribution in [1.29, 1.82) is 0 Å². The number of rotatable bonds is 6. The SMILES string of the molecule is Cc1ccc(-n2c3c(cc(C(=O)N(CCO)Cc4ccccc4)c2=O)C(=O)CCC3)cc1. The van der Waals surface area contributed by atoms with E-state index >= 15 is 0 Å². The van der Waals surface area contributed by atoms with Crippen molar-refractivity contribution in [1.82, 2.24) is 9.47 Å². The van der Waals surface area contributed by atoms with Gasteiger partial charge in [0.05, 0.1) is 6.61 Å². The van der Waals surface area contributed by atoms with Crippen LogP contribution in [0, 0.1) is 6.92 Å². The lowest BCUT2D eigenvalue weighted by Crippen LogP contribution is -2.39. The summed E-state index contributed by atoms with van der Waals surface area (Å²) >= 11 is 0. The molecular weight excluding hydrogens is 404 g/mol. The molecule has 0 atom stereocenters. The maximum Gasteiger partial charge on any atom is 0.268 e. The van der Waals surface area contributed by atoms with E-state index in [1.165, 1.54) is 15.5 Å². The molecule has 1 aliphatic carbocycles. The molecule has 0 saturated heterocycles. The second-order valence-corrected chi connectivity index (χ2v) is 8.11. The number of aryl methyl sites for hydroxylation is 1. The van der Waals surface area contributed by atoms with Gasteiger partial charge in [-0.25, -0.2) is 0 Å². The maximum absolute atomic E-state index is 13.6. The number of carbonyl (C=O) groups excluding carboxylic acids is 2. The molecule has 1 aliphatic rings. The monoisotopic (exact) mass is 430 g/mol. The van der Waals surface area contributed by atoms with Crippen molar-refractivity contribution in [3.8, 4) is 5.69 Å². The molecule has 0 fully saturated rings. The van der Waals surface area contributed by atoms with Crippen LogP contribution in [0.25, 0.3) is 5.69 Å². The van der Waals surface area contributed by atoms with Crippen LogP contribution in [-0.2, 0) is 13.0 Å². The Morgan fingerprint density at radius 3 is 2.44 bits per heavy atom. The lowest BCUT2D eigenvalue weighted by atomic mass is 9.92. The van der Waals surface area contributed by atoms with Gasteiger partial charge >= 0.3 is 0 Å². The zero-order chi connectivity index (χ0) is 22.7. The molecule has 1 amide bonds. The first-order chi connectivity index (χ1) is 15.5. The fourth-order valence-corrected chi connectivity index (χ4v) is 4.16. The van der Waals surface area contributed by atoms with Gasteiger partial charge in [0, 0.05) is 36.5 Å². The molecule has 0 bridgehead atoms. The number of aliphatic hydroxyl groups excluding tert-OH is 1. The van der Waals surface area contributed by atoms with Crippen molar-refractivity contribution in [3.05, 3.63) is 99.0 Å². The van der Waals surface area contributed by atoms with E-state index in [4.69, 9.17) is 0 Å². The van der Waals surface area contributed by atoms with Crippen molar-refractivity contribution >= 4 is 11.7 Å². The number of aliphatic hydroxyl groups is 1. The van der Waals surface area contributed by atoms with Gasteiger partial charge in [-0.05, 0) is 43.5 Å². The summed E-state index contributed by atoms with van der Waals surface area (Å²) in [5.41, 5.74) is 3.18. The van der Waals surface area contributed by atoms with E-state index in [1.807, 2.05) is 61.5 Å². The molecule has 32 heavy (non-hydrogen) atoms. The van der Waals surface area contributed by atoms with Crippen molar-refractivity contribution < 1.29 is 14.7 Å². The minimum atomic E-state index is -0.491. The van der Waals surface area contributed by atoms with E-state index in [9.17, 15) is 19.5 Å². The maximum atomic E-state index is 13.6. The van der Waals surface area contributed by atoms with Gasteiger partial charge in [0.2, 0.25) is 0 Å². The highest BCUT2D eigenvalue weighted by Crippen LogP contribution is 2.24. The summed E-state index contributed by atoms with van der Waals surface area (Å²) in [5, 5.41) is 9.54. The van der Waals surface area contributed by atoms with Crippen LogP contribution in [0.4, 0.5) is 0 Å². The number of nitrogens with zero attached hydrogens (tertiary/aromatic N) is 2. The minimum absolute atomic E-state index is 0.0519. The Labute approximate surface area is 186 Å². The number of amides is 1. The number of benzene rings is 2. The number of pyridine rings is 1. The lowest BCUT2D eigenvalue weighted by Gasteiger charge is -2.25. The van der Waals surface area contributed by atoms with Crippen LogP contribution in [0.1, 0.15) is 50.4 Å². The molecule has 0 radical (unpaired) electrons. The molecule has 6 heteroatoms. The zero-order valence-electron chi connectivity index (χ0n) is 18.1. The molecule has 1 heterocycles. The summed E-state index contributed by atoms with van der Waals surface area (Å²) in [7, 11) is 0. The number of Topliss-reactive ketones (excluding diaryl/α,β-unsaturated/α-hetero) is 1. The van der Waals surface area contributed by atoms with Gasteiger partial charge in [0.15, 0.2) is 5.78 Å². The third-order valence-corrected chi connectivity index (χ3v) is 5.82. The standard InChI is InChI=1S/C26H26N2O4/c1-18-10-12-20(13-11-18)28-23-8-5-9-24(30)21(23)16-22(26(28)32)25(31)27(14-15-29)17-19-6-3-2-4-7-19/h2-4,6-7,10-13,16,29H,5,8-9,14-15,17H2,1H3. The molecular formula is C26H26N2O4. The average molecular weight is 431 g/mol. The largest absolute Gasteiger partial charge is 0.395 e. The molecule has 0 aliphatic heterocycles. The Morgan fingerprint density at radius 1 is 1.03 bits per heavy atom. The average Bonchev–Trinajstić information content (AvgIpc) is 2.80.